The largest absolute Gasteiger partial charge is 0.468 e. The van der Waals surface area contributed by atoms with Crippen molar-refractivity contribution in [1.29, 1.82) is 0 Å². The van der Waals surface area contributed by atoms with Crippen LogP contribution in [0.15, 0.2) is 0 Å². The predicted octanol–water partition coefficient (Wildman–Crippen LogP) is 4.73. The van der Waals surface area contributed by atoms with E-state index in [4.69, 9.17) is 4.74 Å². The van der Waals surface area contributed by atoms with Gasteiger partial charge in [0.15, 0.2) is 0 Å². The van der Waals surface area contributed by atoms with E-state index in [1.165, 1.54) is 53.2 Å². The average molecular weight is 392 g/mol. The zero-order chi connectivity index (χ0) is 20.0. The molecule has 0 rings (SSSR count). The van der Waals surface area contributed by atoms with Gasteiger partial charge in [0.1, 0.15) is 11.7 Å². The van der Waals surface area contributed by atoms with Crippen molar-refractivity contribution in [2.24, 2.45) is 11.8 Å². The second-order valence-electron chi connectivity index (χ2n) is 6.97. The van der Waals surface area contributed by atoms with Gasteiger partial charge in [-0.2, -0.15) is 0 Å². The molecule has 6 nitrogen and oxygen atoms in total. The molecule has 26 heavy (non-hydrogen) atoms. The van der Waals surface area contributed by atoms with Crippen molar-refractivity contribution in [3.63, 3.8) is 0 Å². The van der Waals surface area contributed by atoms with E-state index in [1.807, 2.05) is 0 Å². The van der Waals surface area contributed by atoms with E-state index in [9.17, 15) is 19.0 Å². The number of hydrogen-bond acceptors (Lipinski definition) is 5. The lowest BCUT2D eigenvalue weighted by molar-refractivity contribution is -0.151. The molecule has 154 valence electrons. The van der Waals surface area contributed by atoms with E-state index in [-0.39, 0.29) is 24.3 Å². The van der Waals surface area contributed by atoms with Gasteiger partial charge in [0.05, 0.1) is 13.3 Å². The molecule has 0 aliphatic heterocycles. The van der Waals surface area contributed by atoms with Crippen LogP contribution in [-0.2, 0) is 23.4 Å². The van der Waals surface area contributed by atoms with Crippen LogP contribution >= 0.6 is 7.60 Å². The summed E-state index contributed by atoms with van der Waals surface area (Å²) in [6.07, 6.45) is 10.2. The first-order valence-corrected chi connectivity index (χ1v) is 11.5. The minimum atomic E-state index is -3.66. The number of unbranched alkanes of at least 4 members (excludes halogenated alkanes) is 7. The summed E-state index contributed by atoms with van der Waals surface area (Å²) in [7, 11) is -1.21. The zero-order valence-corrected chi connectivity index (χ0v) is 17.8. The molecule has 0 radical (unpaired) electrons. The number of hydrogen-bond donors (Lipinski definition) is 1. The lowest BCUT2D eigenvalue weighted by Gasteiger charge is -2.24. The Labute approximate surface area is 158 Å². The minimum absolute atomic E-state index is 0.0635. The molecule has 0 heterocycles. The highest BCUT2D eigenvalue weighted by Gasteiger charge is 2.34. The molecular formula is C19H37O6P. The van der Waals surface area contributed by atoms with Gasteiger partial charge in [0.25, 0.3) is 0 Å². The van der Waals surface area contributed by atoms with Crippen molar-refractivity contribution >= 4 is 19.3 Å². The van der Waals surface area contributed by atoms with E-state index in [1.54, 1.807) is 0 Å². The van der Waals surface area contributed by atoms with Crippen molar-refractivity contribution in [3.05, 3.63) is 0 Å². The van der Waals surface area contributed by atoms with Crippen molar-refractivity contribution in [2.75, 3.05) is 20.4 Å². The monoisotopic (exact) mass is 392 g/mol. The Morgan fingerprint density at radius 2 is 1.50 bits per heavy atom. The van der Waals surface area contributed by atoms with Crippen LogP contribution in [0.3, 0.4) is 0 Å². The highest BCUT2D eigenvalue weighted by atomic mass is 31.2. The predicted molar refractivity (Wildman–Crippen MR) is 103 cm³/mol. The summed E-state index contributed by atoms with van der Waals surface area (Å²) in [5, 5.41) is 0. The maximum atomic E-state index is 12.0. The second-order valence-corrected chi connectivity index (χ2v) is 9.05. The van der Waals surface area contributed by atoms with Crippen LogP contribution in [0.2, 0.25) is 0 Å². The van der Waals surface area contributed by atoms with Crippen molar-refractivity contribution in [3.8, 4) is 0 Å². The molecule has 0 aromatic rings. The number of ether oxygens (including phenoxy) is 1. The van der Waals surface area contributed by atoms with Crippen LogP contribution in [0, 0.1) is 11.8 Å². The molecule has 0 saturated heterocycles. The molecule has 3 unspecified atom stereocenters. The number of rotatable bonds is 16. The van der Waals surface area contributed by atoms with Gasteiger partial charge < -0.3 is 14.2 Å². The number of ketones is 1. The summed E-state index contributed by atoms with van der Waals surface area (Å²) in [6.45, 7) is 3.57. The molecule has 3 atom stereocenters. The summed E-state index contributed by atoms with van der Waals surface area (Å²) in [5.74, 6) is -1.99. The minimum Gasteiger partial charge on any atom is -0.468 e. The molecule has 0 aromatic heterocycles. The summed E-state index contributed by atoms with van der Waals surface area (Å²) in [5.41, 5.74) is 0. The molecule has 0 saturated carbocycles. The number of carbonyl (C=O) groups excluding carboxylic acids is 2. The zero-order valence-electron chi connectivity index (χ0n) is 16.9. The summed E-state index contributed by atoms with van der Waals surface area (Å²) in [4.78, 5) is 33.6. The maximum Gasteiger partial charge on any atom is 0.327 e. The molecule has 0 fully saturated rings. The van der Waals surface area contributed by atoms with Gasteiger partial charge >= 0.3 is 13.6 Å². The highest BCUT2D eigenvalue weighted by Crippen LogP contribution is 2.43. The first-order valence-electron chi connectivity index (χ1n) is 9.74. The molecule has 0 aromatic carbocycles. The van der Waals surface area contributed by atoms with Crippen molar-refractivity contribution in [1.82, 2.24) is 0 Å². The van der Waals surface area contributed by atoms with Crippen LogP contribution in [0.1, 0.15) is 78.1 Å². The quantitative estimate of drug-likeness (QED) is 0.177. The van der Waals surface area contributed by atoms with E-state index < -0.39 is 19.5 Å². The fourth-order valence-electron chi connectivity index (χ4n) is 3.26. The van der Waals surface area contributed by atoms with Crippen molar-refractivity contribution in [2.45, 2.75) is 78.1 Å². The summed E-state index contributed by atoms with van der Waals surface area (Å²) >= 11 is 0. The number of carbonyl (C=O) groups is 2. The SMILES string of the molecule is CCCCCCCCCCC(CCP(=O)(O)OC)C(C(C)=O)C(=O)OC. The Morgan fingerprint density at radius 1 is 0.962 bits per heavy atom. The number of esters is 1. The Bertz CT molecular complexity index is 451. The molecule has 7 heteroatoms. The third-order valence-electron chi connectivity index (χ3n) is 4.86. The number of Topliss-reactive ketones (excluding diaryl/α,β-unsaturated/α-hetero) is 1. The van der Waals surface area contributed by atoms with Crippen LogP contribution in [0.5, 0.6) is 0 Å². The fraction of sp³-hybridized carbons (Fsp3) is 0.895. The molecule has 1 N–H and O–H groups in total. The van der Waals surface area contributed by atoms with Gasteiger partial charge in [-0.25, -0.2) is 0 Å². The maximum absolute atomic E-state index is 12.0. The Hall–Kier alpha value is -0.710. The van der Waals surface area contributed by atoms with Crippen LogP contribution in [0.25, 0.3) is 0 Å². The first kappa shape index (κ1) is 25.3. The van der Waals surface area contributed by atoms with E-state index in [2.05, 4.69) is 11.4 Å². The Morgan fingerprint density at radius 3 is 1.96 bits per heavy atom. The topological polar surface area (TPSA) is 89.9 Å². The van der Waals surface area contributed by atoms with Crippen LogP contribution in [0.4, 0.5) is 0 Å². The van der Waals surface area contributed by atoms with Gasteiger partial charge in [-0.1, -0.05) is 58.3 Å². The van der Waals surface area contributed by atoms with E-state index in [0.29, 0.717) is 6.42 Å². The lowest BCUT2D eigenvalue weighted by atomic mass is 9.83. The molecule has 0 amide bonds. The average Bonchev–Trinajstić information content (AvgIpc) is 2.60. The molecule has 0 bridgehead atoms. The first-order chi connectivity index (χ1) is 12.3. The lowest BCUT2D eigenvalue weighted by Crippen LogP contribution is -2.31. The summed E-state index contributed by atoms with van der Waals surface area (Å²) in [6, 6.07) is 0. The van der Waals surface area contributed by atoms with E-state index in [0.717, 1.165) is 19.3 Å². The van der Waals surface area contributed by atoms with Gasteiger partial charge in [0.2, 0.25) is 0 Å². The molecule has 0 spiro atoms. The third-order valence-corrected chi connectivity index (χ3v) is 6.25. The molecular weight excluding hydrogens is 355 g/mol. The number of methoxy groups -OCH3 is 1. The van der Waals surface area contributed by atoms with Gasteiger partial charge in [-0.3, -0.25) is 14.2 Å². The highest BCUT2D eigenvalue weighted by molar-refractivity contribution is 7.52. The smallest absolute Gasteiger partial charge is 0.327 e. The van der Waals surface area contributed by atoms with Crippen LogP contribution < -0.4 is 0 Å². The van der Waals surface area contributed by atoms with Gasteiger partial charge in [0, 0.05) is 7.11 Å². The standard InChI is InChI=1S/C19H37O6P/c1-5-6-7-8-9-10-11-12-13-17(14-15-26(22,23)25-4)18(16(2)20)19(21)24-3/h17-18H,5-15H2,1-4H3,(H,22,23). The molecule has 0 aliphatic rings. The second kappa shape index (κ2) is 14.4. The fourth-order valence-corrected chi connectivity index (χ4v) is 4.10. The van der Waals surface area contributed by atoms with Gasteiger partial charge in [-0.05, 0) is 25.7 Å². The third kappa shape index (κ3) is 11.1. The summed E-state index contributed by atoms with van der Waals surface area (Å²) < 4.78 is 21.1. The van der Waals surface area contributed by atoms with Crippen molar-refractivity contribution < 1.29 is 28.3 Å². The normalized spacial score (nSPS) is 15.9. The molecule has 0 aliphatic carbocycles. The van der Waals surface area contributed by atoms with Gasteiger partial charge in [-0.15, -0.1) is 0 Å². The Kier molecular flexibility index (Phi) is 14.0. The van der Waals surface area contributed by atoms with Crippen LogP contribution in [-0.4, -0.2) is 37.0 Å². The Balaban J connectivity index is 4.60. The van der Waals surface area contributed by atoms with E-state index >= 15 is 0 Å².